The molecule has 0 amide bonds. The van der Waals surface area contributed by atoms with Crippen LogP contribution in [0, 0.1) is 5.82 Å². The summed E-state index contributed by atoms with van der Waals surface area (Å²) in [6, 6.07) is 9.99. The molecule has 88 valence electrons. The normalized spacial score (nSPS) is 10.2. The minimum atomic E-state index is -0.361. The molecule has 0 aliphatic carbocycles. The predicted molar refractivity (Wildman–Crippen MR) is 62.9 cm³/mol. The Morgan fingerprint density at radius 3 is 2.82 bits per heavy atom. The molecule has 2 N–H and O–H groups in total. The molecule has 0 unspecified atom stereocenters. The molecule has 0 fully saturated rings. The molecule has 0 spiro atoms. The first-order valence-electron chi connectivity index (χ1n) is 5.31. The Kier molecular flexibility index (Phi) is 3.67. The maximum absolute atomic E-state index is 13.3. The Bertz CT molecular complexity index is 502. The van der Waals surface area contributed by atoms with Crippen LogP contribution in [-0.2, 0) is 13.2 Å². The van der Waals surface area contributed by atoms with Crippen LogP contribution in [0.15, 0.2) is 42.6 Å². The number of nitrogens with two attached hydrogens (primary N) is 1. The molecule has 0 bridgehead atoms. The number of benzene rings is 1. The lowest BCUT2D eigenvalue weighted by atomic mass is 10.2. The number of hydrogen-bond donors (Lipinski definition) is 1. The topological polar surface area (TPSA) is 48.1 Å². The second-order valence-corrected chi connectivity index (χ2v) is 3.58. The third-order valence-corrected chi connectivity index (χ3v) is 2.32. The van der Waals surface area contributed by atoms with Crippen LogP contribution in [0.3, 0.4) is 0 Å². The summed E-state index contributed by atoms with van der Waals surface area (Å²) in [5, 5.41) is 0. The summed E-state index contributed by atoms with van der Waals surface area (Å²) in [6.45, 7) is 0.685. The van der Waals surface area contributed by atoms with E-state index in [0.29, 0.717) is 13.2 Å². The highest BCUT2D eigenvalue weighted by molar-refractivity contribution is 5.24. The number of rotatable bonds is 4. The van der Waals surface area contributed by atoms with E-state index in [1.54, 1.807) is 24.4 Å². The summed E-state index contributed by atoms with van der Waals surface area (Å²) in [4.78, 5) is 4.08. The summed E-state index contributed by atoms with van der Waals surface area (Å²) < 4.78 is 18.7. The fourth-order valence-electron chi connectivity index (χ4n) is 1.45. The van der Waals surface area contributed by atoms with Crippen molar-refractivity contribution in [3.05, 3.63) is 59.7 Å². The van der Waals surface area contributed by atoms with Gasteiger partial charge in [0.05, 0.1) is 5.69 Å². The van der Waals surface area contributed by atoms with E-state index in [2.05, 4.69) is 4.98 Å². The van der Waals surface area contributed by atoms with E-state index in [9.17, 15) is 4.39 Å². The standard InChI is InChI=1S/C13H13FN2O/c14-12-3-1-2-4-13(12)17-9-10-5-6-16-11(7-10)8-15/h1-7H,8-9,15H2. The minimum Gasteiger partial charge on any atom is -0.486 e. The molecular weight excluding hydrogens is 219 g/mol. The van der Waals surface area contributed by atoms with Crippen molar-refractivity contribution < 1.29 is 9.13 Å². The lowest BCUT2D eigenvalue weighted by molar-refractivity contribution is 0.290. The summed E-state index contributed by atoms with van der Waals surface area (Å²) in [5.74, 6) is -0.112. The molecule has 1 aromatic carbocycles. The monoisotopic (exact) mass is 232 g/mol. The molecular formula is C13H13FN2O. The lowest BCUT2D eigenvalue weighted by Gasteiger charge is -2.07. The van der Waals surface area contributed by atoms with Crippen molar-refractivity contribution in [2.75, 3.05) is 0 Å². The zero-order valence-electron chi connectivity index (χ0n) is 9.27. The van der Waals surface area contributed by atoms with Gasteiger partial charge in [0.15, 0.2) is 11.6 Å². The van der Waals surface area contributed by atoms with Crippen LogP contribution in [0.1, 0.15) is 11.3 Å². The van der Waals surface area contributed by atoms with Crippen molar-refractivity contribution in [1.82, 2.24) is 4.98 Å². The third-order valence-electron chi connectivity index (χ3n) is 2.32. The van der Waals surface area contributed by atoms with Gasteiger partial charge >= 0.3 is 0 Å². The van der Waals surface area contributed by atoms with Crippen LogP contribution < -0.4 is 10.5 Å². The highest BCUT2D eigenvalue weighted by Crippen LogP contribution is 2.17. The lowest BCUT2D eigenvalue weighted by Crippen LogP contribution is -2.02. The van der Waals surface area contributed by atoms with Crippen molar-refractivity contribution >= 4 is 0 Å². The van der Waals surface area contributed by atoms with Gasteiger partial charge in [-0.2, -0.15) is 0 Å². The molecule has 1 aromatic heterocycles. The molecule has 0 aliphatic heterocycles. The number of para-hydroxylation sites is 1. The van der Waals surface area contributed by atoms with Crippen molar-refractivity contribution in [2.45, 2.75) is 13.2 Å². The molecule has 0 atom stereocenters. The van der Waals surface area contributed by atoms with Gasteiger partial charge < -0.3 is 10.5 Å². The zero-order chi connectivity index (χ0) is 12.1. The second-order valence-electron chi connectivity index (χ2n) is 3.58. The Labute approximate surface area is 99.1 Å². The van der Waals surface area contributed by atoms with Crippen LogP contribution in [0.4, 0.5) is 4.39 Å². The largest absolute Gasteiger partial charge is 0.486 e. The SMILES string of the molecule is NCc1cc(COc2ccccc2F)ccn1. The van der Waals surface area contributed by atoms with E-state index in [0.717, 1.165) is 11.3 Å². The van der Waals surface area contributed by atoms with Crippen LogP contribution >= 0.6 is 0 Å². The van der Waals surface area contributed by atoms with Gasteiger partial charge in [-0.15, -0.1) is 0 Å². The summed E-state index contributed by atoms with van der Waals surface area (Å²) in [5.41, 5.74) is 7.20. The third kappa shape index (κ3) is 3.01. The van der Waals surface area contributed by atoms with Crippen LogP contribution in [-0.4, -0.2) is 4.98 Å². The molecule has 1 heterocycles. The zero-order valence-corrected chi connectivity index (χ0v) is 9.27. The van der Waals surface area contributed by atoms with Gasteiger partial charge in [-0.1, -0.05) is 12.1 Å². The number of ether oxygens (including phenoxy) is 1. The Hall–Kier alpha value is -1.94. The van der Waals surface area contributed by atoms with E-state index in [4.69, 9.17) is 10.5 Å². The number of pyridine rings is 1. The van der Waals surface area contributed by atoms with E-state index in [1.807, 2.05) is 12.1 Å². The summed E-state index contributed by atoms with van der Waals surface area (Å²) in [6.07, 6.45) is 1.67. The fourth-order valence-corrected chi connectivity index (χ4v) is 1.45. The summed E-state index contributed by atoms with van der Waals surface area (Å²) >= 11 is 0. The quantitative estimate of drug-likeness (QED) is 0.879. The average Bonchev–Trinajstić information content (AvgIpc) is 2.38. The first-order valence-corrected chi connectivity index (χ1v) is 5.31. The van der Waals surface area contributed by atoms with Gasteiger partial charge in [0.1, 0.15) is 6.61 Å². The van der Waals surface area contributed by atoms with E-state index in [-0.39, 0.29) is 11.6 Å². The maximum Gasteiger partial charge on any atom is 0.165 e. The van der Waals surface area contributed by atoms with Gasteiger partial charge in [-0.3, -0.25) is 4.98 Å². The molecule has 2 aromatic rings. The molecule has 4 heteroatoms. The Morgan fingerprint density at radius 2 is 2.06 bits per heavy atom. The molecule has 2 rings (SSSR count). The van der Waals surface area contributed by atoms with Crippen molar-refractivity contribution in [3.63, 3.8) is 0 Å². The van der Waals surface area contributed by atoms with Crippen LogP contribution in [0.2, 0.25) is 0 Å². The predicted octanol–water partition coefficient (Wildman–Crippen LogP) is 2.26. The molecule has 0 radical (unpaired) electrons. The highest BCUT2D eigenvalue weighted by Gasteiger charge is 2.02. The number of hydrogen-bond acceptors (Lipinski definition) is 3. The van der Waals surface area contributed by atoms with E-state index in [1.165, 1.54) is 6.07 Å². The second kappa shape index (κ2) is 5.41. The van der Waals surface area contributed by atoms with Crippen molar-refractivity contribution in [3.8, 4) is 5.75 Å². The highest BCUT2D eigenvalue weighted by atomic mass is 19.1. The molecule has 0 saturated carbocycles. The summed E-state index contributed by atoms with van der Waals surface area (Å²) in [7, 11) is 0. The molecule has 0 saturated heterocycles. The minimum absolute atomic E-state index is 0.249. The maximum atomic E-state index is 13.3. The average molecular weight is 232 g/mol. The molecule has 0 aliphatic rings. The van der Waals surface area contributed by atoms with Gasteiger partial charge in [0, 0.05) is 12.7 Å². The Morgan fingerprint density at radius 1 is 1.24 bits per heavy atom. The first kappa shape index (κ1) is 11.5. The number of halogens is 1. The van der Waals surface area contributed by atoms with Gasteiger partial charge in [0.25, 0.3) is 0 Å². The van der Waals surface area contributed by atoms with Gasteiger partial charge in [0.2, 0.25) is 0 Å². The van der Waals surface area contributed by atoms with Crippen molar-refractivity contribution in [2.24, 2.45) is 5.73 Å². The Balaban J connectivity index is 2.05. The van der Waals surface area contributed by atoms with Crippen molar-refractivity contribution in [1.29, 1.82) is 0 Å². The van der Waals surface area contributed by atoms with E-state index < -0.39 is 0 Å². The molecule has 3 nitrogen and oxygen atoms in total. The van der Waals surface area contributed by atoms with Crippen LogP contribution in [0.5, 0.6) is 5.75 Å². The smallest absolute Gasteiger partial charge is 0.165 e. The number of aromatic nitrogens is 1. The first-order chi connectivity index (χ1) is 8.29. The fraction of sp³-hybridized carbons (Fsp3) is 0.154. The van der Waals surface area contributed by atoms with E-state index >= 15 is 0 Å². The van der Waals surface area contributed by atoms with Gasteiger partial charge in [-0.25, -0.2) is 4.39 Å². The number of nitrogens with zero attached hydrogens (tertiary/aromatic N) is 1. The van der Waals surface area contributed by atoms with Gasteiger partial charge in [-0.05, 0) is 29.8 Å². The van der Waals surface area contributed by atoms with Crippen LogP contribution in [0.25, 0.3) is 0 Å². The molecule has 17 heavy (non-hydrogen) atoms.